The van der Waals surface area contributed by atoms with Gasteiger partial charge in [0, 0.05) is 24.0 Å². The van der Waals surface area contributed by atoms with Crippen LogP contribution in [0.2, 0.25) is 0 Å². The molecule has 8 nitrogen and oxygen atoms in total. The normalized spacial score (nSPS) is 18.9. The largest absolute Gasteiger partial charge is 0.458 e. The van der Waals surface area contributed by atoms with Crippen molar-refractivity contribution in [3.8, 4) is 11.3 Å². The molecule has 0 aliphatic carbocycles. The van der Waals surface area contributed by atoms with E-state index in [1.807, 2.05) is 23.6 Å². The molecule has 2 aliphatic heterocycles. The number of halogens is 1. The summed E-state index contributed by atoms with van der Waals surface area (Å²) in [6.45, 7) is 2.75. The Labute approximate surface area is 188 Å². The first-order valence-electron chi connectivity index (χ1n) is 10.8. The zero-order valence-corrected chi connectivity index (χ0v) is 18.6. The van der Waals surface area contributed by atoms with E-state index in [4.69, 9.17) is 4.74 Å². The smallest absolute Gasteiger partial charge is 0.343 e. The van der Waals surface area contributed by atoms with Gasteiger partial charge >= 0.3 is 5.97 Å². The lowest BCUT2D eigenvalue weighted by Crippen LogP contribution is -2.44. The van der Waals surface area contributed by atoms with Gasteiger partial charge in [0.25, 0.3) is 5.56 Å². The second kappa shape index (κ2) is 7.36. The zero-order valence-electron chi connectivity index (χ0n) is 18.6. The lowest BCUT2D eigenvalue weighted by molar-refractivity contribution is -0.172. The van der Waals surface area contributed by atoms with Gasteiger partial charge in [0.1, 0.15) is 12.4 Å². The molecule has 1 aromatic carbocycles. The van der Waals surface area contributed by atoms with Crippen LogP contribution in [0.15, 0.2) is 33.9 Å². The van der Waals surface area contributed by atoms with Gasteiger partial charge in [-0.25, -0.2) is 9.18 Å². The molecule has 2 aromatic heterocycles. The summed E-state index contributed by atoms with van der Waals surface area (Å²) in [7, 11) is 3.86. The monoisotopic (exact) mass is 453 g/mol. The van der Waals surface area contributed by atoms with Gasteiger partial charge in [0.2, 0.25) is 0 Å². The van der Waals surface area contributed by atoms with Gasteiger partial charge in [-0.3, -0.25) is 9.59 Å². The first-order valence-corrected chi connectivity index (χ1v) is 10.8. The molecule has 3 aromatic rings. The standard InChI is InChI=1S/C24H24FN3O5/c1-4-24(32)16-10-18-20-19(11-28(18)22(30)15(16)12-33-23(24)31)27(8-7-26(2)3)17-6-5-13(25)9-14(17)21(20)29/h5-6,9-10,32H,4,7-8,11-12H2,1-3H3/t24-/m0/s1. The third-order valence-corrected chi connectivity index (χ3v) is 6.71. The molecule has 0 fully saturated rings. The predicted molar refractivity (Wildman–Crippen MR) is 120 cm³/mol. The molecule has 0 amide bonds. The number of hydrogen-bond acceptors (Lipinski definition) is 6. The van der Waals surface area contributed by atoms with Crippen LogP contribution in [0.4, 0.5) is 4.39 Å². The van der Waals surface area contributed by atoms with Crippen molar-refractivity contribution >= 4 is 16.9 Å². The molecule has 0 radical (unpaired) electrons. The van der Waals surface area contributed by atoms with E-state index in [-0.39, 0.29) is 41.5 Å². The fraction of sp³-hybridized carbons (Fsp3) is 0.375. The second-order valence-electron chi connectivity index (χ2n) is 8.87. The number of nitrogens with zero attached hydrogens (tertiary/aromatic N) is 3. The van der Waals surface area contributed by atoms with E-state index in [2.05, 4.69) is 0 Å². The number of rotatable bonds is 4. The number of likely N-dealkylation sites (N-methyl/N-ethyl adjacent to an activating group) is 1. The molecule has 0 spiro atoms. The van der Waals surface area contributed by atoms with Crippen LogP contribution < -0.4 is 11.0 Å². The van der Waals surface area contributed by atoms with Crippen LogP contribution in [-0.4, -0.2) is 45.8 Å². The number of carbonyl (C=O) groups is 1. The molecule has 1 N–H and O–H groups in total. The van der Waals surface area contributed by atoms with Crippen molar-refractivity contribution in [3.63, 3.8) is 0 Å². The van der Waals surface area contributed by atoms with Crippen LogP contribution in [0.5, 0.6) is 0 Å². The molecular weight excluding hydrogens is 429 g/mol. The van der Waals surface area contributed by atoms with E-state index >= 15 is 0 Å². The predicted octanol–water partition coefficient (Wildman–Crippen LogP) is 1.55. The molecule has 172 valence electrons. The summed E-state index contributed by atoms with van der Waals surface area (Å²) in [6.07, 6.45) is 0.0184. The minimum Gasteiger partial charge on any atom is -0.458 e. The summed E-state index contributed by atoms with van der Waals surface area (Å²) in [5.74, 6) is -1.34. The maximum atomic E-state index is 14.1. The number of carbonyl (C=O) groups excluding carboxylic acids is 1. The van der Waals surface area contributed by atoms with Crippen molar-refractivity contribution in [2.75, 3.05) is 20.6 Å². The highest BCUT2D eigenvalue weighted by atomic mass is 19.1. The lowest BCUT2D eigenvalue weighted by Gasteiger charge is -2.31. The summed E-state index contributed by atoms with van der Waals surface area (Å²) in [6, 6.07) is 5.66. The van der Waals surface area contributed by atoms with Gasteiger partial charge in [0.05, 0.1) is 34.6 Å². The maximum Gasteiger partial charge on any atom is 0.343 e. The van der Waals surface area contributed by atoms with E-state index < -0.39 is 22.9 Å². The summed E-state index contributed by atoms with van der Waals surface area (Å²) in [5, 5.41) is 11.2. The minimum atomic E-state index is -1.96. The Hall–Kier alpha value is -3.30. The van der Waals surface area contributed by atoms with Gasteiger partial charge in [-0.15, -0.1) is 0 Å². The van der Waals surface area contributed by atoms with Crippen LogP contribution in [0, 0.1) is 5.82 Å². The number of fused-ring (bicyclic) bond motifs is 5. The molecule has 0 bridgehead atoms. The molecular formula is C24H24FN3O5. The van der Waals surface area contributed by atoms with E-state index in [1.165, 1.54) is 16.7 Å². The lowest BCUT2D eigenvalue weighted by atomic mass is 9.86. The molecule has 4 heterocycles. The molecule has 9 heteroatoms. The van der Waals surface area contributed by atoms with E-state index in [9.17, 15) is 23.9 Å². The topological polar surface area (TPSA) is 93.8 Å². The summed E-state index contributed by atoms with van der Waals surface area (Å²) < 4.78 is 22.6. The van der Waals surface area contributed by atoms with Gasteiger partial charge in [-0.2, -0.15) is 0 Å². The Bertz CT molecular complexity index is 1460. The Morgan fingerprint density at radius 1 is 1.21 bits per heavy atom. The average Bonchev–Trinajstić information content (AvgIpc) is 3.17. The number of esters is 1. The highest BCUT2D eigenvalue weighted by Crippen LogP contribution is 2.38. The van der Waals surface area contributed by atoms with Crippen molar-refractivity contribution in [1.29, 1.82) is 0 Å². The van der Waals surface area contributed by atoms with Crippen molar-refractivity contribution < 1.29 is 19.0 Å². The minimum absolute atomic E-state index is 0.0184. The highest BCUT2D eigenvalue weighted by Gasteiger charge is 2.45. The molecule has 5 rings (SSSR count). The first kappa shape index (κ1) is 21.5. The van der Waals surface area contributed by atoms with Gasteiger partial charge < -0.3 is 23.9 Å². The van der Waals surface area contributed by atoms with Gasteiger partial charge in [0.15, 0.2) is 11.0 Å². The Kier molecular flexibility index (Phi) is 4.80. The third-order valence-electron chi connectivity index (χ3n) is 6.71. The van der Waals surface area contributed by atoms with Crippen molar-refractivity contribution in [3.05, 3.63) is 67.5 Å². The summed E-state index contributed by atoms with van der Waals surface area (Å²) in [5.41, 5.74) is -0.519. The number of ether oxygens (including phenoxy) is 1. The van der Waals surface area contributed by atoms with Crippen LogP contribution in [0.25, 0.3) is 22.2 Å². The molecule has 0 unspecified atom stereocenters. The number of cyclic esters (lactones) is 1. The maximum absolute atomic E-state index is 14.1. The Morgan fingerprint density at radius 2 is 1.97 bits per heavy atom. The Balaban J connectivity index is 1.85. The summed E-state index contributed by atoms with van der Waals surface area (Å²) in [4.78, 5) is 41.3. The van der Waals surface area contributed by atoms with E-state index in [1.54, 1.807) is 19.1 Å². The fourth-order valence-electron chi connectivity index (χ4n) is 4.87. The van der Waals surface area contributed by atoms with Gasteiger partial charge in [-0.05, 0) is 44.8 Å². The third kappa shape index (κ3) is 2.99. The molecule has 0 saturated carbocycles. The van der Waals surface area contributed by atoms with Crippen LogP contribution >= 0.6 is 0 Å². The van der Waals surface area contributed by atoms with Crippen molar-refractivity contribution in [2.24, 2.45) is 0 Å². The zero-order chi connectivity index (χ0) is 23.7. The number of aliphatic hydroxyl groups is 1. The quantitative estimate of drug-likeness (QED) is 0.472. The van der Waals surface area contributed by atoms with Gasteiger partial charge in [-0.1, -0.05) is 6.92 Å². The van der Waals surface area contributed by atoms with E-state index in [0.29, 0.717) is 35.6 Å². The highest BCUT2D eigenvalue weighted by molar-refractivity contribution is 5.88. The van der Waals surface area contributed by atoms with Crippen LogP contribution in [-0.2, 0) is 34.8 Å². The second-order valence-corrected chi connectivity index (χ2v) is 8.87. The van der Waals surface area contributed by atoms with Crippen LogP contribution in [0.1, 0.15) is 30.2 Å². The number of benzene rings is 1. The Morgan fingerprint density at radius 3 is 2.67 bits per heavy atom. The molecule has 0 saturated heterocycles. The summed E-state index contributed by atoms with van der Waals surface area (Å²) >= 11 is 0. The first-order chi connectivity index (χ1) is 15.7. The van der Waals surface area contributed by atoms with Crippen LogP contribution in [0.3, 0.4) is 0 Å². The molecule has 1 atom stereocenters. The van der Waals surface area contributed by atoms with E-state index in [0.717, 1.165) is 0 Å². The fourth-order valence-corrected chi connectivity index (χ4v) is 4.87. The van der Waals surface area contributed by atoms with Crippen molar-refractivity contribution in [1.82, 2.24) is 14.0 Å². The number of aromatic nitrogens is 2. The average molecular weight is 453 g/mol. The number of hydrogen-bond donors (Lipinski definition) is 1. The van der Waals surface area contributed by atoms with Crippen molar-refractivity contribution in [2.45, 2.75) is 38.6 Å². The molecule has 2 aliphatic rings. The molecule has 33 heavy (non-hydrogen) atoms. The SMILES string of the molecule is CC[C@@]1(O)C(=O)OCc2c1cc1n(c2=O)Cc2c-1c(=O)c1cc(F)ccc1n2CCN(C)C. The number of pyridine rings is 2.